The van der Waals surface area contributed by atoms with Crippen LogP contribution >= 0.6 is 11.8 Å². The Morgan fingerprint density at radius 2 is 2.27 bits per heavy atom. The molecule has 122 valence electrons. The number of piperidine rings is 1. The summed E-state index contributed by atoms with van der Waals surface area (Å²) in [5.74, 6) is 2.55. The number of ether oxygens (including phenoxy) is 1. The van der Waals surface area contributed by atoms with E-state index in [1.165, 1.54) is 6.42 Å². The summed E-state index contributed by atoms with van der Waals surface area (Å²) >= 11 is 1.90. The number of likely N-dealkylation sites (tertiary alicyclic amines) is 1. The van der Waals surface area contributed by atoms with Crippen LogP contribution in [0.2, 0.25) is 0 Å². The SMILES string of the molecule is CC(C)(C)OC(=O)N1CCCC(CSCc2ccccn2)C1. The molecule has 0 spiro atoms. The minimum absolute atomic E-state index is 0.174. The predicted molar refractivity (Wildman–Crippen MR) is 90.9 cm³/mol. The van der Waals surface area contributed by atoms with Crippen molar-refractivity contribution in [3.8, 4) is 0 Å². The molecule has 0 radical (unpaired) electrons. The number of amides is 1. The summed E-state index contributed by atoms with van der Waals surface area (Å²) in [6, 6.07) is 6.02. The Kier molecular flexibility index (Phi) is 6.12. The molecule has 5 heteroatoms. The minimum Gasteiger partial charge on any atom is -0.444 e. The lowest BCUT2D eigenvalue weighted by atomic mass is 10.0. The molecule has 1 aliphatic rings. The molecule has 1 fully saturated rings. The van der Waals surface area contributed by atoms with E-state index in [-0.39, 0.29) is 6.09 Å². The highest BCUT2D eigenvalue weighted by molar-refractivity contribution is 7.98. The van der Waals surface area contributed by atoms with Crippen LogP contribution in [0.5, 0.6) is 0 Å². The maximum atomic E-state index is 12.1. The second-order valence-corrected chi connectivity index (χ2v) is 7.80. The molecular weight excluding hydrogens is 296 g/mol. The van der Waals surface area contributed by atoms with Crippen LogP contribution in [0.15, 0.2) is 24.4 Å². The summed E-state index contributed by atoms with van der Waals surface area (Å²) in [5.41, 5.74) is 0.699. The minimum atomic E-state index is -0.419. The van der Waals surface area contributed by atoms with Crippen molar-refractivity contribution in [1.82, 2.24) is 9.88 Å². The van der Waals surface area contributed by atoms with E-state index in [1.807, 2.05) is 55.8 Å². The molecule has 0 bridgehead atoms. The third-order valence-corrected chi connectivity index (χ3v) is 4.71. The highest BCUT2D eigenvalue weighted by atomic mass is 32.2. The van der Waals surface area contributed by atoms with E-state index >= 15 is 0 Å². The summed E-state index contributed by atoms with van der Waals surface area (Å²) in [6.45, 7) is 7.36. The molecule has 4 nitrogen and oxygen atoms in total. The zero-order valence-electron chi connectivity index (χ0n) is 13.7. The fourth-order valence-corrected chi connectivity index (χ4v) is 3.61. The number of aromatic nitrogens is 1. The molecule has 0 N–H and O–H groups in total. The van der Waals surface area contributed by atoms with Gasteiger partial charge in [0.05, 0.1) is 5.69 Å². The third kappa shape index (κ3) is 5.87. The van der Waals surface area contributed by atoms with Crippen molar-refractivity contribution >= 4 is 17.9 Å². The van der Waals surface area contributed by atoms with Crippen LogP contribution in [-0.4, -0.2) is 40.4 Å². The van der Waals surface area contributed by atoms with Gasteiger partial charge in [-0.2, -0.15) is 11.8 Å². The Bertz CT molecular complexity index is 473. The van der Waals surface area contributed by atoms with E-state index in [9.17, 15) is 4.79 Å². The van der Waals surface area contributed by atoms with Crippen molar-refractivity contribution in [2.75, 3.05) is 18.8 Å². The van der Waals surface area contributed by atoms with Crippen LogP contribution in [0.1, 0.15) is 39.3 Å². The lowest BCUT2D eigenvalue weighted by Gasteiger charge is -2.34. The van der Waals surface area contributed by atoms with Gasteiger partial charge < -0.3 is 9.64 Å². The van der Waals surface area contributed by atoms with Crippen LogP contribution in [0.25, 0.3) is 0 Å². The molecule has 22 heavy (non-hydrogen) atoms. The monoisotopic (exact) mass is 322 g/mol. The van der Waals surface area contributed by atoms with Gasteiger partial charge in [-0.05, 0) is 57.4 Å². The number of nitrogens with zero attached hydrogens (tertiary/aromatic N) is 2. The molecule has 1 aromatic rings. The summed E-state index contributed by atoms with van der Waals surface area (Å²) in [4.78, 5) is 18.3. The number of carbonyl (C=O) groups excluding carboxylic acids is 1. The summed E-state index contributed by atoms with van der Waals surface area (Å²) in [7, 11) is 0. The summed E-state index contributed by atoms with van der Waals surface area (Å²) in [5, 5.41) is 0. The Morgan fingerprint density at radius 3 is 2.95 bits per heavy atom. The number of carbonyl (C=O) groups is 1. The van der Waals surface area contributed by atoms with E-state index in [0.717, 1.165) is 36.7 Å². The number of hydrogen-bond acceptors (Lipinski definition) is 4. The Morgan fingerprint density at radius 1 is 1.45 bits per heavy atom. The highest BCUT2D eigenvalue weighted by Crippen LogP contribution is 2.23. The van der Waals surface area contributed by atoms with E-state index in [4.69, 9.17) is 4.74 Å². The molecule has 2 heterocycles. The molecular formula is C17H26N2O2S. The first kappa shape index (κ1) is 17.1. The summed E-state index contributed by atoms with van der Waals surface area (Å²) < 4.78 is 5.47. The maximum absolute atomic E-state index is 12.1. The summed E-state index contributed by atoms with van der Waals surface area (Å²) in [6.07, 6.45) is 3.91. The second kappa shape index (κ2) is 7.86. The van der Waals surface area contributed by atoms with Crippen LogP contribution in [-0.2, 0) is 10.5 Å². The van der Waals surface area contributed by atoms with E-state index in [1.54, 1.807) is 0 Å². The highest BCUT2D eigenvalue weighted by Gasteiger charge is 2.27. The average molecular weight is 322 g/mol. The van der Waals surface area contributed by atoms with Gasteiger partial charge in [-0.15, -0.1) is 0 Å². The van der Waals surface area contributed by atoms with Crippen LogP contribution in [0, 0.1) is 5.92 Å². The standard InChI is InChI=1S/C17H26N2O2S/c1-17(2,3)21-16(20)19-10-6-7-14(11-19)12-22-13-15-8-4-5-9-18-15/h4-5,8-9,14H,6-7,10-13H2,1-3H3. The molecule has 0 aromatic carbocycles. The molecule has 1 aromatic heterocycles. The molecule has 1 aliphatic heterocycles. The van der Waals surface area contributed by atoms with Gasteiger partial charge in [0.15, 0.2) is 0 Å². The van der Waals surface area contributed by atoms with Crippen LogP contribution < -0.4 is 0 Å². The van der Waals surface area contributed by atoms with Gasteiger partial charge in [-0.3, -0.25) is 4.98 Å². The Hall–Kier alpha value is -1.23. The number of pyridine rings is 1. The smallest absolute Gasteiger partial charge is 0.410 e. The number of hydrogen-bond donors (Lipinski definition) is 0. The lowest BCUT2D eigenvalue weighted by molar-refractivity contribution is 0.0177. The van der Waals surface area contributed by atoms with Crippen LogP contribution in [0.3, 0.4) is 0 Å². The van der Waals surface area contributed by atoms with Gasteiger partial charge in [-0.25, -0.2) is 4.79 Å². The van der Waals surface area contributed by atoms with Crippen LogP contribution in [0.4, 0.5) is 4.79 Å². The average Bonchev–Trinajstić information content (AvgIpc) is 2.47. The lowest BCUT2D eigenvalue weighted by Crippen LogP contribution is -2.43. The Labute approximate surface area is 137 Å². The van der Waals surface area contributed by atoms with Crippen molar-refractivity contribution in [1.29, 1.82) is 0 Å². The van der Waals surface area contributed by atoms with Gasteiger partial charge in [-0.1, -0.05) is 6.07 Å². The van der Waals surface area contributed by atoms with Crippen molar-refractivity contribution < 1.29 is 9.53 Å². The van der Waals surface area contributed by atoms with Crippen molar-refractivity contribution in [3.63, 3.8) is 0 Å². The molecule has 0 aliphatic carbocycles. The van der Waals surface area contributed by atoms with Gasteiger partial charge >= 0.3 is 6.09 Å². The first-order valence-corrected chi connectivity index (χ1v) is 9.05. The molecule has 1 amide bonds. The van der Waals surface area contributed by atoms with Gasteiger partial charge in [0.25, 0.3) is 0 Å². The number of thioether (sulfide) groups is 1. The molecule has 2 rings (SSSR count). The Balaban J connectivity index is 1.75. The first-order chi connectivity index (χ1) is 10.4. The maximum Gasteiger partial charge on any atom is 0.410 e. The topological polar surface area (TPSA) is 42.4 Å². The fourth-order valence-electron chi connectivity index (χ4n) is 2.51. The van der Waals surface area contributed by atoms with Gasteiger partial charge in [0.1, 0.15) is 5.60 Å². The largest absolute Gasteiger partial charge is 0.444 e. The van der Waals surface area contributed by atoms with Crippen molar-refractivity contribution in [2.24, 2.45) is 5.92 Å². The van der Waals surface area contributed by atoms with E-state index in [0.29, 0.717) is 5.92 Å². The van der Waals surface area contributed by atoms with Gasteiger partial charge in [0, 0.05) is 25.0 Å². The van der Waals surface area contributed by atoms with E-state index < -0.39 is 5.60 Å². The van der Waals surface area contributed by atoms with E-state index in [2.05, 4.69) is 11.1 Å². The molecule has 1 saturated heterocycles. The fraction of sp³-hybridized carbons (Fsp3) is 0.647. The second-order valence-electron chi connectivity index (χ2n) is 6.77. The normalized spacial score (nSPS) is 19.0. The zero-order chi connectivity index (χ0) is 16.0. The van der Waals surface area contributed by atoms with Crippen molar-refractivity contribution in [3.05, 3.63) is 30.1 Å². The third-order valence-electron chi connectivity index (χ3n) is 3.50. The number of rotatable bonds is 4. The first-order valence-electron chi connectivity index (χ1n) is 7.89. The zero-order valence-corrected chi connectivity index (χ0v) is 14.6. The van der Waals surface area contributed by atoms with Gasteiger partial charge in [0.2, 0.25) is 0 Å². The van der Waals surface area contributed by atoms with Crippen molar-refractivity contribution in [2.45, 2.75) is 45.0 Å². The predicted octanol–water partition coefficient (Wildman–Crippen LogP) is 3.96. The molecule has 1 atom stereocenters. The quantitative estimate of drug-likeness (QED) is 0.841. The molecule has 1 unspecified atom stereocenters. The molecule has 0 saturated carbocycles.